The van der Waals surface area contributed by atoms with Crippen LogP contribution in [0.5, 0.6) is 0 Å². The van der Waals surface area contributed by atoms with Crippen molar-refractivity contribution >= 4 is 10.1 Å². The van der Waals surface area contributed by atoms with E-state index in [1.54, 1.807) is 24.3 Å². The van der Waals surface area contributed by atoms with Crippen molar-refractivity contribution in [3.05, 3.63) is 29.8 Å². The zero-order valence-electron chi connectivity index (χ0n) is 9.80. The van der Waals surface area contributed by atoms with Crippen LogP contribution in [0, 0.1) is 18.8 Å². The third kappa shape index (κ3) is 2.24. The van der Waals surface area contributed by atoms with Gasteiger partial charge in [-0.25, -0.2) is 0 Å². The molecule has 2 aliphatic rings. The van der Waals surface area contributed by atoms with Crippen LogP contribution in [-0.2, 0) is 14.3 Å². The smallest absolute Gasteiger partial charge is 0.263 e. The van der Waals surface area contributed by atoms with Crippen LogP contribution in [0.15, 0.2) is 29.2 Å². The summed E-state index contributed by atoms with van der Waals surface area (Å²) in [6, 6.07) is 6.81. The summed E-state index contributed by atoms with van der Waals surface area (Å²) in [5.41, 5.74) is 1.05. The van der Waals surface area contributed by atoms with Crippen molar-refractivity contribution in [1.82, 2.24) is 0 Å². The van der Waals surface area contributed by atoms with Crippen molar-refractivity contribution in [3.63, 3.8) is 0 Å². The first-order valence-corrected chi connectivity index (χ1v) is 7.45. The SMILES string of the molecule is Cc1ccc(S(=O)(=O)OC2CC3CC3C2)cc1. The predicted octanol–water partition coefficient (Wildman–Crippen LogP) is 2.50. The Kier molecular flexibility index (Phi) is 2.52. The number of hydrogen-bond acceptors (Lipinski definition) is 3. The number of rotatable bonds is 3. The Bertz CT molecular complexity index is 508. The largest absolute Gasteiger partial charge is 0.297 e. The Morgan fingerprint density at radius 1 is 1.06 bits per heavy atom. The van der Waals surface area contributed by atoms with Gasteiger partial charge < -0.3 is 0 Å². The molecule has 3 rings (SSSR count). The Balaban J connectivity index is 1.74. The normalized spacial score (nSPS) is 31.2. The van der Waals surface area contributed by atoms with Crippen molar-refractivity contribution in [3.8, 4) is 0 Å². The van der Waals surface area contributed by atoms with Crippen LogP contribution < -0.4 is 0 Å². The minimum absolute atomic E-state index is 0.0925. The molecule has 17 heavy (non-hydrogen) atoms. The summed E-state index contributed by atoms with van der Waals surface area (Å²) in [6.45, 7) is 1.93. The molecule has 0 saturated heterocycles. The fourth-order valence-corrected chi connectivity index (χ4v) is 3.77. The second kappa shape index (κ2) is 3.82. The van der Waals surface area contributed by atoms with Crippen LogP contribution in [0.25, 0.3) is 0 Å². The van der Waals surface area contributed by atoms with Gasteiger partial charge in [0.1, 0.15) is 0 Å². The molecule has 1 aromatic rings. The van der Waals surface area contributed by atoms with Gasteiger partial charge in [0.05, 0.1) is 11.0 Å². The lowest BCUT2D eigenvalue weighted by Gasteiger charge is -2.13. The third-order valence-corrected chi connectivity index (χ3v) is 5.15. The van der Waals surface area contributed by atoms with Gasteiger partial charge in [-0.1, -0.05) is 17.7 Å². The van der Waals surface area contributed by atoms with E-state index in [4.69, 9.17) is 4.18 Å². The molecule has 0 spiro atoms. The highest BCUT2D eigenvalue weighted by atomic mass is 32.2. The second-order valence-corrected chi connectivity index (χ2v) is 6.78. The molecule has 0 heterocycles. The van der Waals surface area contributed by atoms with Crippen molar-refractivity contribution in [2.45, 2.75) is 37.2 Å². The van der Waals surface area contributed by atoms with E-state index in [1.807, 2.05) is 6.92 Å². The summed E-state index contributed by atoms with van der Waals surface area (Å²) in [5, 5.41) is 0. The van der Waals surface area contributed by atoms with Crippen LogP contribution in [0.2, 0.25) is 0 Å². The van der Waals surface area contributed by atoms with Gasteiger partial charge in [-0.05, 0) is 50.2 Å². The molecular weight excluding hydrogens is 236 g/mol. The second-order valence-electron chi connectivity index (χ2n) is 5.21. The van der Waals surface area contributed by atoms with Gasteiger partial charge >= 0.3 is 0 Å². The molecule has 92 valence electrons. The first-order chi connectivity index (χ1) is 8.04. The van der Waals surface area contributed by atoms with Crippen LogP contribution in [0.4, 0.5) is 0 Å². The highest BCUT2D eigenvalue weighted by Crippen LogP contribution is 2.53. The molecule has 2 aliphatic carbocycles. The van der Waals surface area contributed by atoms with Gasteiger partial charge in [0.2, 0.25) is 0 Å². The van der Waals surface area contributed by atoms with Crippen molar-refractivity contribution in [1.29, 1.82) is 0 Å². The summed E-state index contributed by atoms with van der Waals surface area (Å²) in [7, 11) is -3.56. The Hall–Kier alpha value is -0.870. The fraction of sp³-hybridized carbons (Fsp3) is 0.538. The highest BCUT2D eigenvalue weighted by molar-refractivity contribution is 7.86. The first kappa shape index (κ1) is 11.2. The van der Waals surface area contributed by atoms with E-state index in [0.717, 1.165) is 30.2 Å². The average Bonchev–Trinajstić information content (AvgIpc) is 2.86. The first-order valence-electron chi connectivity index (χ1n) is 6.04. The molecule has 2 fully saturated rings. The molecule has 4 heteroatoms. The molecule has 0 radical (unpaired) electrons. The zero-order valence-corrected chi connectivity index (χ0v) is 10.6. The van der Waals surface area contributed by atoms with Crippen molar-refractivity contribution in [2.75, 3.05) is 0 Å². The lowest BCUT2D eigenvalue weighted by molar-refractivity contribution is 0.202. The van der Waals surface area contributed by atoms with E-state index < -0.39 is 10.1 Å². The molecule has 0 amide bonds. The summed E-state index contributed by atoms with van der Waals surface area (Å²) in [4.78, 5) is 0.267. The number of hydrogen-bond donors (Lipinski definition) is 0. The summed E-state index contributed by atoms with van der Waals surface area (Å²) < 4.78 is 29.3. The molecule has 0 aliphatic heterocycles. The molecule has 0 bridgehead atoms. The number of benzene rings is 1. The molecular formula is C13H16O3S. The molecule has 0 aromatic heterocycles. The lowest BCUT2D eigenvalue weighted by Crippen LogP contribution is -2.17. The summed E-state index contributed by atoms with van der Waals surface area (Å²) in [6.07, 6.45) is 3.00. The fourth-order valence-electron chi connectivity index (χ4n) is 2.68. The standard InChI is InChI=1S/C13H16O3S/c1-9-2-4-13(5-3-9)17(14,15)16-12-7-10-6-11(10)8-12/h2-5,10-12H,6-8H2,1H3. The summed E-state index contributed by atoms with van der Waals surface area (Å²) in [5.74, 6) is 1.46. The minimum atomic E-state index is -3.56. The van der Waals surface area contributed by atoms with E-state index >= 15 is 0 Å². The molecule has 2 unspecified atom stereocenters. The molecule has 0 N–H and O–H groups in total. The van der Waals surface area contributed by atoms with Gasteiger partial charge in [-0.2, -0.15) is 8.42 Å². The molecule has 2 saturated carbocycles. The number of fused-ring (bicyclic) bond motifs is 1. The van der Waals surface area contributed by atoms with Crippen LogP contribution in [-0.4, -0.2) is 14.5 Å². The van der Waals surface area contributed by atoms with Crippen LogP contribution in [0.3, 0.4) is 0 Å². The van der Waals surface area contributed by atoms with Gasteiger partial charge in [-0.3, -0.25) is 4.18 Å². The predicted molar refractivity (Wildman–Crippen MR) is 64.1 cm³/mol. The topological polar surface area (TPSA) is 43.4 Å². The van der Waals surface area contributed by atoms with Gasteiger partial charge in [0, 0.05) is 0 Å². The Morgan fingerprint density at radius 2 is 1.65 bits per heavy atom. The monoisotopic (exact) mass is 252 g/mol. The van der Waals surface area contributed by atoms with Crippen LogP contribution in [0.1, 0.15) is 24.8 Å². The number of aryl methyl sites for hydroxylation is 1. The van der Waals surface area contributed by atoms with E-state index in [-0.39, 0.29) is 11.0 Å². The van der Waals surface area contributed by atoms with E-state index in [0.29, 0.717) is 0 Å². The van der Waals surface area contributed by atoms with Crippen LogP contribution >= 0.6 is 0 Å². The quantitative estimate of drug-likeness (QED) is 0.776. The van der Waals surface area contributed by atoms with E-state index in [9.17, 15) is 8.42 Å². The van der Waals surface area contributed by atoms with E-state index in [2.05, 4.69) is 0 Å². The van der Waals surface area contributed by atoms with Crippen molar-refractivity contribution in [2.24, 2.45) is 11.8 Å². The maximum atomic E-state index is 12.0. The molecule has 2 atom stereocenters. The molecule has 1 aromatic carbocycles. The van der Waals surface area contributed by atoms with Gasteiger partial charge in [0.25, 0.3) is 10.1 Å². The maximum Gasteiger partial charge on any atom is 0.297 e. The summed E-state index contributed by atoms with van der Waals surface area (Å²) >= 11 is 0. The van der Waals surface area contributed by atoms with Crippen molar-refractivity contribution < 1.29 is 12.6 Å². The Morgan fingerprint density at radius 3 is 2.24 bits per heavy atom. The average molecular weight is 252 g/mol. The Labute approximate surface area is 102 Å². The minimum Gasteiger partial charge on any atom is -0.263 e. The zero-order chi connectivity index (χ0) is 12.0. The highest BCUT2D eigenvalue weighted by Gasteiger charge is 2.47. The maximum absolute atomic E-state index is 12.0. The van der Waals surface area contributed by atoms with Gasteiger partial charge in [-0.15, -0.1) is 0 Å². The van der Waals surface area contributed by atoms with Gasteiger partial charge in [0.15, 0.2) is 0 Å². The lowest BCUT2D eigenvalue weighted by atomic mass is 10.2. The van der Waals surface area contributed by atoms with E-state index in [1.165, 1.54) is 6.42 Å². The third-order valence-electron chi connectivity index (χ3n) is 3.77. The molecule has 3 nitrogen and oxygen atoms in total.